The molecule has 3 aromatic carbocycles. The molecule has 1 N–H and O–H groups in total. The molecule has 148 valence electrons. The quantitative estimate of drug-likeness (QED) is 0.499. The van der Waals surface area contributed by atoms with Crippen LogP contribution in [0, 0.1) is 5.82 Å². The van der Waals surface area contributed by atoms with Gasteiger partial charge in [-0.3, -0.25) is 4.57 Å². The second-order valence-corrected chi connectivity index (χ2v) is 7.52. The topological polar surface area (TPSA) is 41.3 Å². The van der Waals surface area contributed by atoms with E-state index >= 15 is 4.39 Å². The Balaban J connectivity index is 1.90. The molecule has 6 heteroatoms. The van der Waals surface area contributed by atoms with Gasteiger partial charge in [-0.1, -0.05) is 48.0 Å². The first kappa shape index (κ1) is 19.4. The molecule has 0 radical (unpaired) electrons. The van der Waals surface area contributed by atoms with E-state index < -0.39 is 0 Å². The fourth-order valence-electron chi connectivity index (χ4n) is 3.47. The van der Waals surface area contributed by atoms with Gasteiger partial charge in [-0.25, -0.2) is 9.37 Å². The number of aliphatic hydroxyl groups excluding tert-OH is 1. The van der Waals surface area contributed by atoms with Crippen LogP contribution in [0.15, 0.2) is 60.7 Å². The molecule has 4 rings (SSSR count). The summed E-state index contributed by atoms with van der Waals surface area (Å²) in [7, 11) is 3.75. The van der Waals surface area contributed by atoms with E-state index in [4.69, 9.17) is 16.7 Å². The van der Waals surface area contributed by atoms with Crippen LogP contribution in [0.5, 0.6) is 0 Å². The summed E-state index contributed by atoms with van der Waals surface area (Å²) >= 11 is 6.21. The number of rotatable bonds is 5. The lowest BCUT2D eigenvalue weighted by molar-refractivity contribution is 0.299. The van der Waals surface area contributed by atoms with Crippen LogP contribution in [0.3, 0.4) is 0 Å². The summed E-state index contributed by atoms with van der Waals surface area (Å²) in [4.78, 5) is 6.50. The van der Waals surface area contributed by atoms with Crippen LogP contribution in [0.4, 0.5) is 10.3 Å². The van der Waals surface area contributed by atoms with Crippen LogP contribution < -0.4 is 4.90 Å². The minimum Gasteiger partial charge on any atom is -0.396 e. The summed E-state index contributed by atoms with van der Waals surface area (Å²) in [6.45, 7) is 0.0900. The van der Waals surface area contributed by atoms with Crippen molar-refractivity contribution in [1.29, 1.82) is 0 Å². The van der Waals surface area contributed by atoms with Crippen molar-refractivity contribution in [3.05, 3.63) is 77.1 Å². The third-order valence-electron chi connectivity index (χ3n) is 4.88. The Bertz CT molecular complexity index is 1170. The molecule has 0 aliphatic carbocycles. The fraction of sp³-hybridized carbons (Fsp3) is 0.174. The largest absolute Gasteiger partial charge is 0.396 e. The van der Waals surface area contributed by atoms with E-state index in [2.05, 4.69) is 4.98 Å². The molecule has 0 fully saturated rings. The van der Waals surface area contributed by atoms with Crippen LogP contribution in [0.2, 0.25) is 5.02 Å². The van der Waals surface area contributed by atoms with Crippen molar-refractivity contribution in [1.82, 2.24) is 9.55 Å². The van der Waals surface area contributed by atoms with Crippen LogP contribution in [-0.2, 0) is 6.42 Å². The van der Waals surface area contributed by atoms with Gasteiger partial charge in [0.2, 0.25) is 5.95 Å². The number of fused-ring (bicyclic) bond motifs is 1. The third-order valence-corrected chi connectivity index (χ3v) is 5.12. The first-order valence-electron chi connectivity index (χ1n) is 9.34. The molecule has 1 heterocycles. The maximum absolute atomic E-state index is 15.7. The van der Waals surface area contributed by atoms with E-state index in [-0.39, 0.29) is 12.4 Å². The summed E-state index contributed by atoms with van der Waals surface area (Å²) in [5.74, 6) is 0.293. The number of benzene rings is 3. The summed E-state index contributed by atoms with van der Waals surface area (Å²) < 4.78 is 17.5. The number of aliphatic hydroxyl groups is 1. The normalized spacial score (nSPS) is 11.2. The summed E-state index contributed by atoms with van der Waals surface area (Å²) in [6.07, 6.45) is 0.580. The van der Waals surface area contributed by atoms with Crippen molar-refractivity contribution in [2.24, 2.45) is 0 Å². The molecule has 0 aliphatic rings. The van der Waals surface area contributed by atoms with Crippen LogP contribution in [-0.4, -0.2) is 35.4 Å². The molecule has 0 saturated heterocycles. The van der Waals surface area contributed by atoms with Crippen LogP contribution in [0.1, 0.15) is 5.56 Å². The molecule has 0 unspecified atom stereocenters. The maximum atomic E-state index is 15.7. The van der Waals surface area contributed by atoms with E-state index in [9.17, 15) is 0 Å². The average molecular weight is 410 g/mol. The Labute approximate surface area is 173 Å². The van der Waals surface area contributed by atoms with E-state index in [1.165, 1.54) is 0 Å². The Hall–Kier alpha value is -2.89. The molecular formula is C23H21ClFN3O. The predicted octanol–water partition coefficient (Wildman–Crippen LogP) is 5.09. The van der Waals surface area contributed by atoms with E-state index in [1.54, 1.807) is 28.8 Å². The highest BCUT2D eigenvalue weighted by Crippen LogP contribution is 2.33. The summed E-state index contributed by atoms with van der Waals surface area (Å²) in [6, 6.07) is 18.3. The molecule has 1 aromatic heterocycles. The van der Waals surface area contributed by atoms with Crippen molar-refractivity contribution in [2.75, 3.05) is 25.6 Å². The smallest absolute Gasteiger partial charge is 0.210 e. The van der Waals surface area contributed by atoms with Gasteiger partial charge in [-0.2, -0.15) is 0 Å². The lowest BCUT2D eigenvalue weighted by Gasteiger charge is -2.17. The number of hydrogen-bond acceptors (Lipinski definition) is 3. The number of anilines is 1. The van der Waals surface area contributed by atoms with Crippen molar-refractivity contribution in [2.45, 2.75) is 6.42 Å². The highest BCUT2D eigenvalue weighted by molar-refractivity contribution is 6.31. The minimum atomic E-state index is -0.329. The number of aromatic nitrogens is 2. The van der Waals surface area contributed by atoms with E-state index in [0.717, 1.165) is 22.2 Å². The molecule has 0 atom stereocenters. The number of halogens is 2. The summed E-state index contributed by atoms with van der Waals surface area (Å²) in [5, 5.41) is 9.66. The number of nitrogens with zero attached hydrogens (tertiary/aromatic N) is 3. The van der Waals surface area contributed by atoms with Gasteiger partial charge < -0.3 is 10.0 Å². The zero-order valence-electron chi connectivity index (χ0n) is 16.2. The van der Waals surface area contributed by atoms with Crippen molar-refractivity contribution >= 4 is 28.6 Å². The third kappa shape index (κ3) is 3.59. The molecular weight excluding hydrogens is 389 g/mol. The average Bonchev–Trinajstić information content (AvgIpc) is 3.08. The van der Waals surface area contributed by atoms with Gasteiger partial charge in [-0.15, -0.1) is 0 Å². The van der Waals surface area contributed by atoms with Gasteiger partial charge in [0.05, 0.1) is 16.7 Å². The van der Waals surface area contributed by atoms with E-state index in [1.807, 2.05) is 55.4 Å². The fourth-order valence-corrected chi connectivity index (χ4v) is 3.64. The standard InChI is InChI=1S/C23H21ClFN3O/c1-27(2)23-26-19-11-10-17(24)14-21(19)28(23)20-5-3-4-18(22(20)25)16-8-6-15(7-9-16)12-13-29/h3-11,14,29H,12-13H2,1-2H3. The van der Waals surface area contributed by atoms with Crippen molar-refractivity contribution in [3.63, 3.8) is 0 Å². The van der Waals surface area contributed by atoms with Gasteiger partial charge in [0.15, 0.2) is 5.82 Å². The van der Waals surface area contributed by atoms with Gasteiger partial charge >= 0.3 is 0 Å². The monoisotopic (exact) mass is 409 g/mol. The van der Waals surface area contributed by atoms with Gasteiger partial charge in [0.25, 0.3) is 0 Å². The SMILES string of the molecule is CN(C)c1nc2ccc(Cl)cc2n1-c1cccc(-c2ccc(CCO)cc2)c1F. The molecule has 29 heavy (non-hydrogen) atoms. The Kier molecular flexibility index (Phi) is 5.26. The van der Waals surface area contributed by atoms with Crippen LogP contribution in [0.25, 0.3) is 27.8 Å². The maximum Gasteiger partial charge on any atom is 0.210 e. The van der Waals surface area contributed by atoms with E-state index in [0.29, 0.717) is 28.6 Å². The molecule has 0 amide bonds. The second kappa shape index (κ2) is 7.85. The molecule has 4 aromatic rings. The highest BCUT2D eigenvalue weighted by Gasteiger charge is 2.19. The zero-order valence-corrected chi connectivity index (χ0v) is 17.0. The van der Waals surface area contributed by atoms with Crippen LogP contribution >= 0.6 is 11.6 Å². The Morgan fingerprint density at radius 2 is 1.83 bits per heavy atom. The van der Waals surface area contributed by atoms with Gasteiger partial charge in [-0.05, 0) is 41.8 Å². The Morgan fingerprint density at radius 3 is 2.52 bits per heavy atom. The molecule has 4 nitrogen and oxygen atoms in total. The molecule has 0 spiro atoms. The highest BCUT2D eigenvalue weighted by atomic mass is 35.5. The first-order valence-corrected chi connectivity index (χ1v) is 9.72. The van der Waals surface area contributed by atoms with Crippen molar-refractivity contribution in [3.8, 4) is 16.8 Å². The minimum absolute atomic E-state index is 0.0900. The lowest BCUT2D eigenvalue weighted by Crippen LogP contribution is -2.15. The number of imidazole rings is 1. The molecule has 0 bridgehead atoms. The van der Waals surface area contributed by atoms with Crippen molar-refractivity contribution < 1.29 is 9.50 Å². The predicted molar refractivity (Wildman–Crippen MR) is 117 cm³/mol. The van der Waals surface area contributed by atoms with Gasteiger partial charge in [0, 0.05) is 31.3 Å². The molecule has 0 saturated carbocycles. The molecule has 0 aliphatic heterocycles. The van der Waals surface area contributed by atoms with Gasteiger partial charge in [0.1, 0.15) is 0 Å². The first-order chi connectivity index (χ1) is 14.0. The Morgan fingerprint density at radius 1 is 1.07 bits per heavy atom. The summed E-state index contributed by atoms with van der Waals surface area (Å²) in [5.41, 5.74) is 4.20. The zero-order chi connectivity index (χ0) is 20.5. The number of hydrogen-bond donors (Lipinski definition) is 1. The second-order valence-electron chi connectivity index (χ2n) is 7.08. The lowest BCUT2D eigenvalue weighted by atomic mass is 10.0.